The number of hydrogen-bond acceptors (Lipinski definition) is 3. The minimum Gasteiger partial charge on any atom is -0.297 e. The van der Waals surface area contributed by atoms with Gasteiger partial charge in [0.2, 0.25) is 5.82 Å². The van der Waals surface area contributed by atoms with Crippen LogP contribution in [0.25, 0.3) is 0 Å². The van der Waals surface area contributed by atoms with E-state index in [2.05, 4.69) is 15.5 Å². The molecule has 0 bridgehead atoms. The van der Waals surface area contributed by atoms with Crippen molar-refractivity contribution in [1.82, 2.24) is 20.1 Å². The third-order valence-electron chi connectivity index (χ3n) is 2.20. The van der Waals surface area contributed by atoms with Crippen LogP contribution in [0.3, 0.4) is 0 Å². The summed E-state index contributed by atoms with van der Waals surface area (Å²) in [6.07, 6.45) is -4.35. The van der Waals surface area contributed by atoms with Gasteiger partial charge in [-0.1, -0.05) is 0 Å². The van der Waals surface area contributed by atoms with E-state index >= 15 is 0 Å². The van der Waals surface area contributed by atoms with Crippen LogP contribution >= 0.6 is 0 Å². The summed E-state index contributed by atoms with van der Waals surface area (Å²) in [4.78, 5) is 0. The zero-order valence-corrected chi connectivity index (χ0v) is 7.47. The standard InChI is InChI=1S/C7H9F3N4/c1-4-11-3-2-5-12-13-6(14(4)5)7(8,9)10/h4,11H,2-3H2,1H3. The normalized spacial score (nSPS) is 22.1. The first-order chi connectivity index (χ1) is 6.50. The molecule has 1 unspecified atom stereocenters. The molecule has 0 aliphatic carbocycles. The van der Waals surface area contributed by atoms with Crippen LogP contribution in [0.1, 0.15) is 24.7 Å². The molecule has 0 radical (unpaired) electrons. The van der Waals surface area contributed by atoms with Gasteiger partial charge in [-0.25, -0.2) is 0 Å². The molecule has 1 aliphatic rings. The highest BCUT2D eigenvalue weighted by atomic mass is 19.4. The summed E-state index contributed by atoms with van der Waals surface area (Å²) in [6.45, 7) is 2.29. The number of halogens is 3. The van der Waals surface area contributed by atoms with Gasteiger partial charge in [0.05, 0.1) is 6.17 Å². The van der Waals surface area contributed by atoms with E-state index in [0.717, 1.165) is 4.57 Å². The Morgan fingerprint density at radius 1 is 1.43 bits per heavy atom. The predicted molar refractivity (Wildman–Crippen MR) is 41.4 cm³/mol. The molecule has 4 nitrogen and oxygen atoms in total. The highest BCUT2D eigenvalue weighted by molar-refractivity contribution is 5.04. The topological polar surface area (TPSA) is 42.7 Å². The van der Waals surface area contributed by atoms with Crippen LogP contribution in [0.2, 0.25) is 0 Å². The maximum atomic E-state index is 12.4. The number of nitrogens with zero attached hydrogens (tertiary/aromatic N) is 3. The summed E-state index contributed by atoms with van der Waals surface area (Å²) in [5, 5.41) is 9.61. The van der Waals surface area contributed by atoms with Crippen molar-refractivity contribution in [2.24, 2.45) is 0 Å². The van der Waals surface area contributed by atoms with E-state index in [0.29, 0.717) is 18.8 Å². The summed E-state index contributed by atoms with van der Waals surface area (Å²) >= 11 is 0. The molecule has 78 valence electrons. The zero-order valence-electron chi connectivity index (χ0n) is 7.47. The van der Waals surface area contributed by atoms with Gasteiger partial charge in [0.1, 0.15) is 5.82 Å². The first-order valence-electron chi connectivity index (χ1n) is 4.24. The van der Waals surface area contributed by atoms with E-state index in [1.807, 2.05) is 0 Å². The summed E-state index contributed by atoms with van der Waals surface area (Å²) in [7, 11) is 0. The van der Waals surface area contributed by atoms with Crippen LogP contribution in [0.5, 0.6) is 0 Å². The number of hydrogen-bond donors (Lipinski definition) is 1. The van der Waals surface area contributed by atoms with Gasteiger partial charge in [0.15, 0.2) is 0 Å². The lowest BCUT2D eigenvalue weighted by atomic mass is 10.3. The van der Waals surface area contributed by atoms with E-state index < -0.39 is 18.2 Å². The van der Waals surface area contributed by atoms with Crippen molar-refractivity contribution in [3.63, 3.8) is 0 Å². The van der Waals surface area contributed by atoms with Gasteiger partial charge < -0.3 is 0 Å². The Kier molecular flexibility index (Phi) is 1.99. The SMILES string of the molecule is CC1NCCc2nnc(C(F)(F)F)n21. The fourth-order valence-electron chi connectivity index (χ4n) is 1.58. The molecule has 1 atom stereocenters. The Balaban J connectivity index is 2.49. The predicted octanol–water partition coefficient (Wildman–Crippen LogP) is 0.961. The van der Waals surface area contributed by atoms with E-state index in [1.54, 1.807) is 6.92 Å². The number of nitrogens with one attached hydrogen (secondary N) is 1. The fraction of sp³-hybridized carbons (Fsp3) is 0.714. The fourth-order valence-corrected chi connectivity index (χ4v) is 1.58. The highest BCUT2D eigenvalue weighted by Crippen LogP contribution is 2.30. The van der Waals surface area contributed by atoms with Gasteiger partial charge in [0.25, 0.3) is 0 Å². The molecule has 0 amide bonds. The number of rotatable bonds is 0. The smallest absolute Gasteiger partial charge is 0.297 e. The molecule has 1 N–H and O–H groups in total. The van der Waals surface area contributed by atoms with Crippen LogP contribution < -0.4 is 5.32 Å². The van der Waals surface area contributed by atoms with E-state index in [1.165, 1.54) is 0 Å². The summed E-state index contributed by atoms with van der Waals surface area (Å²) in [5.74, 6) is -0.532. The molecule has 2 rings (SSSR count). The van der Waals surface area contributed by atoms with Crippen molar-refractivity contribution >= 4 is 0 Å². The molecule has 1 aliphatic heterocycles. The maximum Gasteiger partial charge on any atom is 0.451 e. The van der Waals surface area contributed by atoms with Crippen LogP contribution in [0.15, 0.2) is 0 Å². The van der Waals surface area contributed by atoms with Gasteiger partial charge in [-0.15, -0.1) is 10.2 Å². The Labute approximate surface area is 78.1 Å². The van der Waals surface area contributed by atoms with Gasteiger partial charge in [-0.2, -0.15) is 13.2 Å². The third-order valence-corrected chi connectivity index (χ3v) is 2.20. The second-order valence-corrected chi connectivity index (χ2v) is 3.19. The van der Waals surface area contributed by atoms with Crippen LogP contribution in [0.4, 0.5) is 13.2 Å². The number of aromatic nitrogens is 3. The molecule has 2 heterocycles. The van der Waals surface area contributed by atoms with E-state index in [-0.39, 0.29) is 0 Å². The molecule has 14 heavy (non-hydrogen) atoms. The number of alkyl halides is 3. The lowest BCUT2D eigenvalue weighted by Crippen LogP contribution is -2.35. The lowest BCUT2D eigenvalue weighted by molar-refractivity contribution is -0.148. The van der Waals surface area contributed by atoms with Gasteiger partial charge in [-0.05, 0) is 6.92 Å². The van der Waals surface area contributed by atoms with Crippen molar-refractivity contribution < 1.29 is 13.2 Å². The second kappa shape index (κ2) is 2.94. The average molecular weight is 206 g/mol. The van der Waals surface area contributed by atoms with Crippen LogP contribution in [-0.4, -0.2) is 21.3 Å². The van der Waals surface area contributed by atoms with Crippen molar-refractivity contribution in [2.75, 3.05) is 6.54 Å². The molecule has 0 fully saturated rings. The lowest BCUT2D eigenvalue weighted by Gasteiger charge is -2.24. The largest absolute Gasteiger partial charge is 0.451 e. The van der Waals surface area contributed by atoms with E-state index in [9.17, 15) is 13.2 Å². The monoisotopic (exact) mass is 206 g/mol. The van der Waals surface area contributed by atoms with Crippen LogP contribution in [-0.2, 0) is 12.6 Å². The van der Waals surface area contributed by atoms with Gasteiger partial charge in [-0.3, -0.25) is 9.88 Å². The van der Waals surface area contributed by atoms with Crippen molar-refractivity contribution in [1.29, 1.82) is 0 Å². The minimum absolute atomic E-state index is 0.392. The molecule has 1 aromatic heterocycles. The third kappa shape index (κ3) is 1.37. The molecule has 0 saturated heterocycles. The van der Waals surface area contributed by atoms with Crippen molar-refractivity contribution in [3.05, 3.63) is 11.6 Å². The van der Waals surface area contributed by atoms with E-state index in [4.69, 9.17) is 0 Å². The van der Waals surface area contributed by atoms with Crippen molar-refractivity contribution in [3.8, 4) is 0 Å². The Morgan fingerprint density at radius 2 is 2.14 bits per heavy atom. The molecule has 0 saturated carbocycles. The minimum atomic E-state index is -4.43. The quantitative estimate of drug-likeness (QED) is 0.687. The zero-order chi connectivity index (χ0) is 10.3. The highest BCUT2D eigenvalue weighted by Gasteiger charge is 2.40. The summed E-state index contributed by atoms with van der Waals surface area (Å²) in [6, 6.07) is 0. The second-order valence-electron chi connectivity index (χ2n) is 3.19. The Hall–Kier alpha value is -1.11. The first-order valence-corrected chi connectivity index (χ1v) is 4.24. The van der Waals surface area contributed by atoms with Gasteiger partial charge in [0, 0.05) is 13.0 Å². The first kappa shape index (κ1) is 9.45. The average Bonchev–Trinajstić information content (AvgIpc) is 2.47. The van der Waals surface area contributed by atoms with Crippen LogP contribution in [0, 0.1) is 0 Å². The summed E-state index contributed by atoms with van der Waals surface area (Å²) in [5.41, 5.74) is 0. The number of fused-ring (bicyclic) bond motifs is 1. The molecule has 7 heteroatoms. The molecule has 1 aromatic rings. The summed E-state index contributed by atoms with van der Waals surface area (Å²) < 4.78 is 38.4. The van der Waals surface area contributed by atoms with Crippen molar-refractivity contribution in [2.45, 2.75) is 25.7 Å². The maximum absolute atomic E-state index is 12.4. The molecule has 0 aromatic carbocycles. The van der Waals surface area contributed by atoms with Gasteiger partial charge >= 0.3 is 6.18 Å². The Bertz CT molecular complexity index is 343. The molecular formula is C7H9F3N4. The Morgan fingerprint density at radius 3 is 2.79 bits per heavy atom. The molecule has 0 spiro atoms. The molecular weight excluding hydrogens is 197 g/mol.